The van der Waals surface area contributed by atoms with Crippen molar-refractivity contribution in [2.24, 2.45) is 0 Å². The molecule has 122 valence electrons. The number of nitrogens with zero attached hydrogens (tertiary/aromatic N) is 1. The zero-order chi connectivity index (χ0) is 17.2. The number of hydrogen-bond donors (Lipinski definition) is 1. The van der Waals surface area contributed by atoms with Gasteiger partial charge in [-0.1, -0.05) is 23.8 Å². The predicted molar refractivity (Wildman–Crippen MR) is 80.1 cm³/mol. The molecule has 1 N–H and O–H groups in total. The van der Waals surface area contributed by atoms with Gasteiger partial charge in [0.15, 0.2) is 0 Å². The molecule has 0 aliphatic heterocycles. The number of amides is 1. The zero-order valence-corrected chi connectivity index (χ0v) is 12.7. The van der Waals surface area contributed by atoms with Gasteiger partial charge in [0.25, 0.3) is 5.91 Å². The topological polar surface area (TPSA) is 40.5 Å². The van der Waals surface area contributed by atoms with Gasteiger partial charge in [0, 0.05) is 13.6 Å². The fraction of sp³-hybridized carbons (Fsp3) is 0.235. The first-order chi connectivity index (χ1) is 10.7. The third kappa shape index (κ3) is 4.03. The van der Waals surface area contributed by atoms with E-state index in [1.54, 1.807) is 19.1 Å². The predicted octanol–water partition coefficient (Wildman–Crippen LogP) is 3.99. The van der Waals surface area contributed by atoms with Gasteiger partial charge in [0.1, 0.15) is 5.75 Å². The molecule has 0 spiro atoms. The molecule has 0 heterocycles. The van der Waals surface area contributed by atoms with E-state index in [-0.39, 0.29) is 17.9 Å². The molecule has 1 amide bonds. The molecule has 0 aromatic heterocycles. The minimum atomic E-state index is -4.38. The Morgan fingerprint density at radius 1 is 1.13 bits per heavy atom. The maximum absolute atomic E-state index is 12.5. The smallest absolute Gasteiger partial charge is 0.416 e. The Labute approximate surface area is 132 Å². The summed E-state index contributed by atoms with van der Waals surface area (Å²) >= 11 is 0. The van der Waals surface area contributed by atoms with Gasteiger partial charge in [-0.05, 0) is 36.8 Å². The summed E-state index contributed by atoms with van der Waals surface area (Å²) in [6.07, 6.45) is -4.38. The van der Waals surface area contributed by atoms with E-state index in [2.05, 4.69) is 0 Å². The molecule has 6 heteroatoms. The van der Waals surface area contributed by atoms with Gasteiger partial charge in [-0.2, -0.15) is 13.2 Å². The number of phenols is 1. The van der Waals surface area contributed by atoms with Gasteiger partial charge in [-0.25, -0.2) is 0 Å². The van der Waals surface area contributed by atoms with Gasteiger partial charge in [0.2, 0.25) is 0 Å². The fourth-order valence-electron chi connectivity index (χ4n) is 2.17. The van der Waals surface area contributed by atoms with Crippen LogP contribution in [-0.4, -0.2) is 23.0 Å². The maximum atomic E-state index is 12.5. The van der Waals surface area contributed by atoms with Crippen LogP contribution in [0, 0.1) is 6.92 Å². The Balaban J connectivity index is 2.13. The highest BCUT2D eigenvalue weighted by Crippen LogP contribution is 2.29. The number of carbonyl (C=O) groups excluding carboxylic acids is 1. The second kappa shape index (κ2) is 6.32. The van der Waals surface area contributed by atoms with E-state index in [4.69, 9.17) is 0 Å². The van der Waals surface area contributed by atoms with Gasteiger partial charge in [-0.15, -0.1) is 0 Å². The van der Waals surface area contributed by atoms with E-state index >= 15 is 0 Å². The Hall–Kier alpha value is -2.50. The van der Waals surface area contributed by atoms with Crippen LogP contribution in [0.15, 0.2) is 42.5 Å². The van der Waals surface area contributed by atoms with Crippen LogP contribution in [0.5, 0.6) is 5.75 Å². The van der Waals surface area contributed by atoms with Crippen molar-refractivity contribution in [3.63, 3.8) is 0 Å². The Bertz CT molecular complexity index is 709. The van der Waals surface area contributed by atoms with E-state index in [0.717, 1.165) is 17.7 Å². The lowest BCUT2D eigenvalue weighted by molar-refractivity contribution is -0.137. The van der Waals surface area contributed by atoms with E-state index in [1.165, 1.54) is 30.1 Å². The van der Waals surface area contributed by atoms with Crippen LogP contribution in [0.2, 0.25) is 0 Å². The van der Waals surface area contributed by atoms with Crippen LogP contribution in [0.1, 0.15) is 27.0 Å². The molecule has 0 atom stereocenters. The molecule has 2 rings (SSSR count). The summed E-state index contributed by atoms with van der Waals surface area (Å²) in [5.74, 6) is -0.522. The number of carbonyl (C=O) groups is 1. The van der Waals surface area contributed by atoms with Gasteiger partial charge in [0.05, 0.1) is 11.1 Å². The average molecular weight is 323 g/mol. The first-order valence-corrected chi connectivity index (χ1v) is 6.89. The highest BCUT2D eigenvalue weighted by molar-refractivity contribution is 5.96. The monoisotopic (exact) mass is 323 g/mol. The number of hydrogen-bond acceptors (Lipinski definition) is 2. The molecule has 0 aliphatic carbocycles. The molecule has 0 unspecified atom stereocenters. The van der Waals surface area contributed by atoms with Gasteiger partial charge >= 0.3 is 6.18 Å². The third-order valence-corrected chi connectivity index (χ3v) is 3.43. The molecule has 0 saturated carbocycles. The molecule has 0 aliphatic rings. The van der Waals surface area contributed by atoms with Gasteiger partial charge in [-0.3, -0.25) is 4.79 Å². The van der Waals surface area contributed by atoms with Crippen LogP contribution in [0.4, 0.5) is 13.2 Å². The van der Waals surface area contributed by atoms with Gasteiger partial charge < -0.3 is 10.0 Å². The van der Waals surface area contributed by atoms with Crippen molar-refractivity contribution in [2.45, 2.75) is 19.6 Å². The molecular weight excluding hydrogens is 307 g/mol. The summed E-state index contributed by atoms with van der Waals surface area (Å²) in [6, 6.07) is 9.33. The molecule has 23 heavy (non-hydrogen) atoms. The van der Waals surface area contributed by atoms with E-state index in [9.17, 15) is 23.1 Å². The Kier molecular flexibility index (Phi) is 4.63. The molecule has 3 nitrogen and oxygen atoms in total. The first kappa shape index (κ1) is 16.9. The second-order valence-corrected chi connectivity index (χ2v) is 5.38. The van der Waals surface area contributed by atoms with Crippen molar-refractivity contribution < 1.29 is 23.1 Å². The van der Waals surface area contributed by atoms with E-state index < -0.39 is 17.6 Å². The molecule has 0 fully saturated rings. The van der Waals surface area contributed by atoms with E-state index in [1.807, 2.05) is 0 Å². The Morgan fingerprint density at radius 3 is 2.30 bits per heavy atom. The largest absolute Gasteiger partial charge is 0.507 e. The van der Waals surface area contributed by atoms with Crippen LogP contribution in [0.3, 0.4) is 0 Å². The highest BCUT2D eigenvalue weighted by Gasteiger charge is 2.30. The number of benzene rings is 2. The van der Waals surface area contributed by atoms with Crippen LogP contribution in [-0.2, 0) is 12.7 Å². The minimum absolute atomic E-state index is 0.125. The summed E-state index contributed by atoms with van der Waals surface area (Å²) in [5.41, 5.74) is 0.834. The zero-order valence-electron chi connectivity index (χ0n) is 12.7. The van der Waals surface area contributed by atoms with Crippen molar-refractivity contribution in [1.82, 2.24) is 4.90 Å². The summed E-state index contributed by atoms with van der Waals surface area (Å²) in [4.78, 5) is 13.7. The second-order valence-electron chi connectivity index (χ2n) is 5.38. The number of halogens is 3. The number of rotatable bonds is 3. The van der Waals surface area contributed by atoms with Crippen LogP contribution < -0.4 is 0 Å². The van der Waals surface area contributed by atoms with Crippen LogP contribution in [0.25, 0.3) is 0 Å². The number of phenolic OH excluding ortho intramolecular Hbond substituents is 1. The molecule has 0 saturated heterocycles. The molecule has 0 bridgehead atoms. The van der Waals surface area contributed by atoms with Crippen molar-refractivity contribution >= 4 is 5.91 Å². The Morgan fingerprint density at radius 2 is 1.74 bits per heavy atom. The van der Waals surface area contributed by atoms with Crippen molar-refractivity contribution in [2.75, 3.05) is 7.05 Å². The van der Waals surface area contributed by atoms with Crippen molar-refractivity contribution in [3.05, 3.63) is 64.7 Å². The lowest BCUT2D eigenvalue weighted by Gasteiger charge is -2.18. The lowest BCUT2D eigenvalue weighted by Crippen LogP contribution is -2.26. The van der Waals surface area contributed by atoms with Crippen molar-refractivity contribution in [1.29, 1.82) is 0 Å². The molecule has 0 radical (unpaired) electrons. The maximum Gasteiger partial charge on any atom is 0.416 e. The number of aryl methyl sites for hydroxylation is 1. The number of alkyl halides is 3. The highest BCUT2D eigenvalue weighted by atomic mass is 19.4. The SMILES string of the molecule is Cc1ccc(O)c(C(=O)N(C)Cc2ccc(C(F)(F)F)cc2)c1. The molecule has 2 aromatic carbocycles. The first-order valence-electron chi connectivity index (χ1n) is 6.89. The molecular formula is C17H16F3NO2. The summed E-state index contributed by atoms with van der Waals surface area (Å²) in [5, 5.41) is 9.77. The lowest BCUT2D eigenvalue weighted by atomic mass is 10.1. The quantitative estimate of drug-likeness (QED) is 0.928. The average Bonchev–Trinajstić information content (AvgIpc) is 2.48. The van der Waals surface area contributed by atoms with Crippen LogP contribution >= 0.6 is 0 Å². The normalized spacial score (nSPS) is 11.3. The van der Waals surface area contributed by atoms with E-state index in [0.29, 0.717) is 5.56 Å². The summed E-state index contributed by atoms with van der Waals surface area (Å²) in [7, 11) is 1.53. The number of aromatic hydroxyl groups is 1. The standard InChI is InChI=1S/C17H16F3NO2/c1-11-3-8-15(22)14(9-11)16(23)21(2)10-12-4-6-13(7-5-12)17(18,19)20/h3-9,22H,10H2,1-2H3. The molecule has 2 aromatic rings. The van der Waals surface area contributed by atoms with Crippen molar-refractivity contribution in [3.8, 4) is 5.75 Å². The fourth-order valence-corrected chi connectivity index (χ4v) is 2.17. The third-order valence-electron chi connectivity index (χ3n) is 3.43. The summed E-state index contributed by atoms with van der Waals surface area (Å²) < 4.78 is 37.6. The minimum Gasteiger partial charge on any atom is -0.507 e. The summed E-state index contributed by atoms with van der Waals surface area (Å²) in [6.45, 7) is 1.94.